The van der Waals surface area contributed by atoms with Gasteiger partial charge in [-0.15, -0.1) is 11.3 Å². The fourth-order valence-corrected chi connectivity index (χ4v) is 2.56. The van der Waals surface area contributed by atoms with Crippen LogP contribution in [0, 0.1) is 0 Å². The average Bonchev–Trinajstić information content (AvgIpc) is 2.91. The van der Waals surface area contributed by atoms with E-state index >= 15 is 0 Å². The van der Waals surface area contributed by atoms with Gasteiger partial charge in [0, 0.05) is 29.7 Å². The fourth-order valence-electron chi connectivity index (χ4n) is 1.84. The molecular weight excluding hydrogens is 218 g/mol. The van der Waals surface area contributed by atoms with E-state index in [1.54, 1.807) is 0 Å². The first kappa shape index (κ1) is 11.4. The molecule has 1 atom stereocenters. The van der Waals surface area contributed by atoms with E-state index in [1.165, 1.54) is 10.4 Å². The Balaban J connectivity index is 1.96. The molecular formula is C12H17N3S. The molecule has 16 heavy (non-hydrogen) atoms. The van der Waals surface area contributed by atoms with Crippen LogP contribution >= 0.6 is 11.3 Å². The first-order valence-corrected chi connectivity index (χ1v) is 6.35. The molecule has 0 saturated heterocycles. The summed E-state index contributed by atoms with van der Waals surface area (Å²) in [6.07, 6.45) is 6.26. The molecule has 2 aromatic heterocycles. The Morgan fingerprint density at radius 3 is 3.00 bits per heavy atom. The van der Waals surface area contributed by atoms with Gasteiger partial charge >= 0.3 is 0 Å². The quantitative estimate of drug-likeness (QED) is 0.862. The molecule has 0 radical (unpaired) electrons. The molecule has 2 aromatic rings. The number of nitrogens with zero attached hydrogens (tertiary/aromatic N) is 2. The van der Waals surface area contributed by atoms with Crippen molar-refractivity contribution < 1.29 is 0 Å². The van der Waals surface area contributed by atoms with Crippen LogP contribution in [0.3, 0.4) is 0 Å². The van der Waals surface area contributed by atoms with E-state index in [-0.39, 0.29) is 0 Å². The number of thiophene rings is 1. The molecule has 0 fully saturated rings. The van der Waals surface area contributed by atoms with Crippen molar-refractivity contribution in [1.82, 2.24) is 15.1 Å². The Bertz CT molecular complexity index is 419. The van der Waals surface area contributed by atoms with E-state index in [1.807, 2.05) is 36.3 Å². The van der Waals surface area contributed by atoms with Gasteiger partial charge < -0.3 is 5.32 Å². The molecule has 0 amide bonds. The van der Waals surface area contributed by atoms with E-state index < -0.39 is 0 Å². The van der Waals surface area contributed by atoms with Gasteiger partial charge in [0.1, 0.15) is 0 Å². The third-order valence-electron chi connectivity index (χ3n) is 2.74. The number of aryl methyl sites for hydroxylation is 2. The monoisotopic (exact) mass is 235 g/mol. The van der Waals surface area contributed by atoms with Gasteiger partial charge in [0.25, 0.3) is 0 Å². The van der Waals surface area contributed by atoms with Crippen molar-refractivity contribution in [2.24, 2.45) is 7.05 Å². The molecule has 1 N–H and O–H groups in total. The molecule has 86 valence electrons. The summed E-state index contributed by atoms with van der Waals surface area (Å²) in [5, 5.41) is 9.69. The first-order valence-electron chi connectivity index (χ1n) is 5.48. The molecule has 0 spiro atoms. The maximum Gasteiger partial charge on any atom is 0.0537 e. The Hall–Kier alpha value is -1.13. The highest BCUT2D eigenvalue weighted by Crippen LogP contribution is 2.20. The number of nitrogens with one attached hydrogen (secondary N) is 1. The largest absolute Gasteiger partial charge is 0.313 e. The highest BCUT2D eigenvalue weighted by molar-refractivity contribution is 7.09. The summed E-state index contributed by atoms with van der Waals surface area (Å²) in [5.74, 6) is 0. The number of aromatic nitrogens is 2. The second kappa shape index (κ2) is 5.27. The standard InChI is InChI=1S/C12H17N3S/c1-13-12(10-8-14-15(2)9-10)6-5-11-4-3-7-16-11/h3-4,7-9,12-13H,5-6H2,1-2H3. The minimum Gasteiger partial charge on any atom is -0.313 e. The Morgan fingerprint density at radius 2 is 2.44 bits per heavy atom. The smallest absolute Gasteiger partial charge is 0.0537 e. The molecule has 2 rings (SSSR count). The molecule has 0 aromatic carbocycles. The van der Waals surface area contributed by atoms with Crippen LogP contribution in [0.5, 0.6) is 0 Å². The van der Waals surface area contributed by atoms with Crippen LogP contribution in [0.15, 0.2) is 29.9 Å². The van der Waals surface area contributed by atoms with Gasteiger partial charge in [-0.05, 0) is 31.3 Å². The van der Waals surface area contributed by atoms with E-state index in [2.05, 4.69) is 34.1 Å². The number of hydrogen-bond acceptors (Lipinski definition) is 3. The normalized spacial score (nSPS) is 12.9. The van der Waals surface area contributed by atoms with E-state index in [0.29, 0.717) is 6.04 Å². The summed E-state index contributed by atoms with van der Waals surface area (Å²) in [6, 6.07) is 4.70. The summed E-state index contributed by atoms with van der Waals surface area (Å²) >= 11 is 1.83. The molecule has 0 aliphatic heterocycles. The minimum atomic E-state index is 0.399. The van der Waals surface area contributed by atoms with Gasteiger partial charge in [0.05, 0.1) is 6.20 Å². The highest BCUT2D eigenvalue weighted by atomic mass is 32.1. The summed E-state index contributed by atoms with van der Waals surface area (Å²) in [7, 11) is 3.96. The summed E-state index contributed by atoms with van der Waals surface area (Å²) in [6.45, 7) is 0. The molecule has 0 aliphatic carbocycles. The Morgan fingerprint density at radius 1 is 1.56 bits per heavy atom. The lowest BCUT2D eigenvalue weighted by Gasteiger charge is -2.13. The van der Waals surface area contributed by atoms with Gasteiger partial charge in [0.15, 0.2) is 0 Å². The first-order chi connectivity index (χ1) is 7.79. The van der Waals surface area contributed by atoms with Crippen LogP contribution in [-0.4, -0.2) is 16.8 Å². The van der Waals surface area contributed by atoms with Crippen molar-refractivity contribution in [3.05, 3.63) is 40.3 Å². The predicted octanol–water partition coefficient (Wildman–Crippen LogP) is 2.37. The number of rotatable bonds is 5. The lowest BCUT2D eigenvalue weighted by atomic mass is 10.1. The zero-order valence-corrected chi connectivity index (χ0v) is 10.5. The third-order valence-corrected chi connectivity index (χ3v) is 3.67. The molecule has 4 heteroatoms. The molecule has 3 nitrogen and oxygen atoms in total. The van der Waals surface area contributed by atoms with Gasteiger partial charge in [-0.25, -0.2) is 0 Å². The summed E-state index contributed by atoms with van der Waals surface area (Å²) in [4.78, 5) is 1.45. The van der Waals surface area contributed by atoms with E-state index in [9.17, 15) is 0 Å². The van der Waals surface area contributed by atoms with Crippen molar-refractivity contribution in [3.8, 4) is 0 Å². The SMILES string of the molecule is CNC(CCc1cccs1)c1cnn(C)c1. The molecule has 0 saturated carbocycles. The lowest BCUT2D eigenvalue weighted by Crippen LogP contribution is -2.16. The van der Waals surface area contributed by atoms with Crippen molar-refractivity contribution in [3.63, 3.8) is 0 Å². The van der Waals surface area contributed by atoms with Gasteiger partial charge in [-0.2, -0.15) is 5.10 Å². The average molecular weight is 235 g/mol. The molecule has 0 aliphatic rings. The fraction of sp³-hybridized carbons (Fsp3) is 0.417. The third kappa shape index (κ3) is 2.71. The Kier molecular flexibility index (Phi) is 3.74. The van der Waals surface area contributed by atoms with Crippen molar-refractivity contribution in [2.45, 2.75) is 18.9 Å². The van der Waals surface area contributed by atoms with Crippen molar-refractivity contribution in [2.75, 3.05) is 7.05 Å². The van der Waals surface area contributed by atoms with Crippen LogP contribution in [0.1, 0.15) is 22.9 Å². The van der Waals surface area contributed by atoms with Crippen LogP contribution in [0.2, 0.25) is 0 Å². The van der Waals surface area contributed by atoms with Gasteiger partial charge in [0.2, 0.25) is 0 Å². The summed E-state index contributed by atoms with van der Waals surface area (Å²) in [5.41, 5.74) is 1.27. The number of hydrogen-bond donors (Lipinski definition) is 1. The topological polar surface area (TPSA) is 29.9 Å². The maximum atomic E-state index is 4.21. The second-order valence-corrected chi connectivity index (χ2v) is 4.94. The second-order valence-electron chi connectivity index (χ2n) is 3.91. The van der Waals surface area contributed by atoms with Crippen molar-refractivity contribution >= 4 is 11.3 Å². The van der Waals surface area contributed by atoms with Crippen LogP contribution < -0.4 is 5.32 Å². The van der Waals surface area contributed by atoms with Crippen molar-refractivity contribution in [1.29, 1.82) is 0 Å². The van der Waals surface area contributed by atoms with Crippen LogP contribution in [0.25, 0.3) is 0 Å². The highest BCUT2D eigenvalue weighted by Gasteiger charge is 2.11. The van der Waals surface area contributed by atoms with E-state index in [0.717, 1.165) is 12.8 Å². The molecule has 2 heterocycles. The zero-order chi connectivity index (χ0) is 11.4. The summed E-state index contributed by atoms with van der Waals surface area (Å²) < 4.78 is 1.85. The predicted molar refractivity (Wildman–Crippen MR) is 67.6 cm³/mol. The minimum absolute atomic E-state index is 0.399. The van der Waals surface area contributed by atoms with Gasteiger partial charge in [-0.1, -0.05) is 6.07 Å². The van der Waals surface area contributed by atoms with Crippen LogP contribution in [0.4, 0.5) is 0 Å². The lowest BCUT2D eigenvalue weighted by molar-refractivity contribution is 0.551. The maximum absolute atomic E-state index is 4.21. The molecule has 0 bridgehead atoms. The van der Waals surface area contributed by atoms with Crippen LogP contribution in [-0.2, 0) is 13.5 Å². The molecule has 1 unspecified atom stereocenters. The van der Waals surface area contributed by atoms with Gasteiger partial charge in [-0.3, -0.25) is 4.68 Å². The Labute approximate surface area is 100 Å². The van der Waals surface area contributed by atoms with E-state index in [4.69, 9.17) is 0 Å². The zero-order valence-electron chi connectivity index (χ0n) is 9.68.